The summed E-state index contributed by atoms with van der Waals surface area (Å²) in [4.78, 5) is 16.9. The molecule has 0 saturated heterocycles. The van der Waals surface area contributed by atoms with Crippen molar-refractivity contribution in [1.29, 1.82) is 0 Å². The maximum Gasteiger partial charge on any atom is 0.270 e. The zero-order valence-electron chi connectivity index (χ0n) is 14.6. The molecule has 1 aliphatic rings. The number of nitrogens with one attached hydrogen (secondary N) is 1. The SMILES string of the molecule is COc1ccc(CNC(=O)c2cc(C3CC3)nn2-c2ccccc2)cn1. The van der Waals surface area contributed by atoms with E-state index in [0.717, 1.165) is 29.8 Å². The Labute approximate surface area is 151 Å². The van der Waals surface area contributed by atoms with Crippen LogP contribution in [0.5, 0.6) is 5.88 Å². The summed E-state index contributed by atoms with van der Waals surface area (Å²) in [5.41, 5.74) is 3.34. The summed E-state index contributed by atoms with van der Waals surface area (Å²) in [6.45, 7) is 0.397. The second-order valence-electron chi connectivity index (χ2n) is 6.37. The molecule has 26 heavy (non-hydrogen) atoms. The van der Waals surface area contributed by atoms with Gasteiger partial charge in [0.15, 0.2) is 0 Å². The summed E-state index contributed by atoms with van der Waals surface area (Å²) in [6, 6.07) is 15.3. The number of rotatable bonds is 6. The van der Waals surface area contributed by atoms with Crippen molar-refractivity contribution < 1.29 is 9.53 Å². The highest BCUT2D eigenvalue weighted by Crippen LogP contribution is 2.39. The fourth-order valence-corrected chi connectivity index (χ4v) is 2.81. The van der Waals surface area contributed by atoms with Crippen LogP contribution in [0, 0.1) is 0 Å². The lowest BCUT2D eigenvalue weighted by Crippen LogP contribution is -2.25. The summed E-state index contributed by atoms with van der Waals surface area (Å²) in [5.74, 6) is 0.887. The second kappa shape index (κ2) is 7.00. The van der Waals surface area contributed by atoms with E-state index >= 15 is 0 Å². The number of methoxy groups -OCH3 is 1. The number of benzene rings is 1. The lowest BCUT2D eigenvalue weighted by molar-refractivity contribution is 0.0943. The van der Waals surface area contributed by atoms with Gasteiger partial charge in [0.25, 0.3) is 5.91 Å². The molecule has 1 amide bonds. The molecule has 3 aromatic rings. The Morgan fingerprint density at radius 3 is 2.69 bits per heavy atom. The molecule has 1 N–H and O–H groups in total. The Kier molecular flexibility index (Phi) is 4.39. The van der Waals surface area contributed by atoms with Crippen LogP contribution in [-0.2, 0) is 6.54 Å². The fourth-order valence-electron chi connectivity index (χ4n) is 2.81. The van der Waals surface area contributed by atoms with E-state index in [4.69, 9.17) is 4.74 Å². The number of carbonyl (C=O) groups is 1. The van der Waals surface area contributed by atoms with Gasteiger partial charge in [0.05, 0.1) is 18.5 Å². The van der Waals surface area contributed by atoms with Crippen LogP contribution in [0.4, 0.5) is 0 Å². The summed E-state index contributed by atoms with van der Waals surface area (Å²) in [5, 5.41) is 7.62. The van der Waals surface area contributed by atoms with Gasteiger partial charge in [-0.25, -0.2) is 9.67 Å². The minimum atomic E-state index is -0.149. The number of carbonyl (C=O) groups excluding carboxylic acids is 1. The predicted octanol–water partition coefficient (Wildman–Crippen LogP) is 3.08. The number of hydrogen-bond donors (Lipinski definition) is 1. The van der Waals surface area contributed by atoms with Gasteiger partial charge in [-0.1, -0.05) is 24.3 Å². The lowest BCUT2D eigenvalue weighted by Gasteiger charge is -2.08. The molecule has 6 heteroatoms. The molecule has 1 fully saturated rings. The highest BCUT2D eigenvalue weighted by atomic mass is 16.5. The maximum absolute atomic E-state index is 12.8. The molecule has 0 unspecified atom stereocenters. The van der Waals surface area contributed by atoms with E-state index < -0.39 is 0 Å². The number of aromatic nitrogens is 3. The van der Waals surface area contributed by atoms with Crippen LogP contribution >= 0.6 is 0 Å². The average Bonchev–Trinajstić information content (AvgIpc) is 3.45. The minimum absolute atomic E-state index is 0.149. The molecule has 132 valence electrons. The first kappa shape index (κ1) is 16.3. The van der Waals surface area contributed by atoms with Crippen molar-refractivity contribution in [2.75, 3.05) is 7.11 Å². The van der Waals surface area contributed by atoms with E-state index in [1.165, 1.54) is 0 Å². The summed E-state index contributed by atoms with van der Waals surface area (Å²) in [7, 11) is 1.58. The third-order valence-corrected chi connectivity index (χ3v) is 4.42. The predicted molar refractivity (Wildman–Crippen MR) is 97.5 cm³/mol. The first-order valence-electron chi connectivity index (χ1n) is 8.67. The Hall–Kier alpha value is -3.15. The van der Waals surface area contributed by atoms with Gasteiger partial charge in [-0.05, 0) is 36.6 Å². The minimum Gasteiger partial charge on any atom is -0.481 e. The van der Waals surface area contributed by atoms with Crippen molar-refractivity contribution >= 4 is 5.91 Å². The smallest absolute Gasteiger partial charge is 0.270 e. The van der Waals surface area contributed by atoms with Gasteiger partial charge in [0, 0.05) is 24.7 Å². The lowest BCUT2D eigenvalue weighted by atomic mass is 10.2. The van der Waals surface area contributed by atoms with Crippen molar-refractivity contribution in [3.63, 3.8) is 0 Å². The van der Waals surface area contributed by atoms with Gasteiger partial charge in [-0.2, -0.15) is 5.10 Å². The first-order valence-corrected chi connectivity index (χ1v) is 8.67. The normalized spacial score (nSPS) is 13.4. The van der Waals surface area contributed by atoms with Crippen molar-refractivity contribution in [3.05, 3.63) is 71.7 Å². The number of hydrogen-bond acceptors (Lipinski definition) is 4. The van der Waals surface area contributed by atoms with E-state index in [1.54, 1.807) is 24.1 Å². The van der Waals surface area contributed by atoms with Gasteiger partial charge >= 0.3 is 0 Å². The van der Waals surface area contributed by atoms with Crippen LogP contribution in [0.25, 0.3) is 5.69 Å². The summed E-state index contributed by atoms with van der Waals surface area (Å²) >= 11 is 0. The Balaban J connectivity index is 1.54. The largest absolute Gasteiger partial charge is 0.481 e. The molecule has 1 saturated carbocycles. The maximum atomic E-state index is 12.8. The Bertz CT molecular complexity index is 899. The Morgan fingerprint density at radius 1 is 1.23 bits per heavy atom. The number of para-hydroxylation sites is 1. The fraction of sp³-hybridized carbons (Fsp3) is 0.250. The molecule has 0 spiro atoms. The summed E-state index contributed by atoms with van der Waals surface area (Å²) < 4.78 is 6.78. The van der Waals surface area contributed by atoms with Gasteiger partial charge < -0.3 is 10.1 Å². The van der Waals surface area contributed by atoms with Crippen molar-refractivity contribution in [3.8, 4) is 11.6 Å². The molecule has 4 rings (SSSR count). The van der Waals surface area contributed by atoms with Crippen LogP contribution in [0.3, 0.4) is 0 Å². The Morgan fingerprint density at radius 2 is 2.04 bits per heavy atom. The zero-order chi connectivity index (χ0) is 17.9. The molecule has 1 aromatic carbocycles. The molecular weight excluding hydrogens is 328 g/mol. The highest BCUT2D eigenvalue weighted by Gasteiger charge is 2.29. The number of amides is 1. The molecule has 2 heterocycles. The molecule has 6 nitrogen and oxygen atoms in total. The standard InChI is InChI=1S/C20H20N4O2/c1-26-19-10-7-14(12-21-19)13-22-20(25)18-11-17(15-8-9-15)23-24(18)16-5-3-2-4-6-16/h2-7,10-12,15H,8-9,13H2,1H3,(H,22,25). The van der Waals surface area contributed by atoms with E-state index in [1.807, 2.05) is 42.5 Å². The van der Waals surface area contributed by atoms with Crippen LogP contribution < -0.4 is 10.1 Å². The summed E-state index contributed by atoms with van der Waals surface area (Å²) in [6.07, 6.45) is 3.98. The van der Waals surface area contributed by atoms with E-state index in [0.29, 0.717) is 24.0 Å². The van der Waals surface area contributed by atoms with Crippen molar-refractivity contribution in [2.24, 2.45) is 0 Å². The zero-order valence-corrected chi connectivity index (χ0v) is 14.6. The van der Waals surface area contributed by atoms with E-state index in [9.17, 15) is 4.79 Å². The van der Waals surface area contributed by atoms with Crippen LogP contribution in [0.2, 0.25) is 0 Å². The van der Waals surface area contributed by atoms with Crippen molar-refractivity contribution in [1.82, 2.24) is 20.1 Å². The monoisotopic (exact) mass is 348 g/mol. The van der Waals surface area contributed by atoms with Gasteiger partial charge in [-0.3, -0.25) is 4.79 Å². The van der Waals surface area contributed by atoms with Crippen molar-refractivity contribution in [2.45, 2.75) is 25.3 Å². The quantitative estimate of drug-likeness (QED) is 0.743. The average molecular weight is 348 g/mol. The highest BCUT2D eigenvalue weighted by molar-refractivity contribution is 5.93. The molecule has 0 bridgehead atoms. The van der Waals surface area contributed by atoms with Crippen LogP contribution in [-0.4, -0.2) is 27.8 Å². The second-order valence-corrected chi connectivity index (χ2v) is 6.37. The third kappa shape index (κ3) is 3.44. The molecule has 2 aromatic heterocycles. The van der Waals surface area contributed by atoms with E-state index in [2.05, 4.69) is 15.4 Å². The van der Waals surface area contributed by atoms with E-state index in [-0.39, 0.29) is 5.91 Å². The number of pyridine rings is 1. The van der Waals surface area contributed by atoms with Crippen LogP contribution in [0.15, 0.2) is 54.7 Å². The molecular formula is C20H20N4O2. The van der Waals surface area contributed by atoms with Gasteiger partial charge in [0.2, 0.25) is 5.88 Å². The molecule has 0 atom stereocenters. The molecule has 1 aliphatic carbocycles. The van der Waals surface area contributed by atoms with Gasteiger partial charge in [0.1, 0.15) is 5.69 Å². The molecule has 0 radical (unpaired) electrons. The van der Waals surface area contributed by atoms with Crippen LogP contribution in [0.1, 0.15) is 40.5 Å². The first-order chi connectivity index (χ1) is 12.7. The topological polar surface area (TPSA) is 69.0 Å². The number of ether oxygens (including phenoxy) is 1. The number of nitrogens with zero attached hydrogens (tertiary/aromatic N) is 3. The molecule has 0 aliphatic heterocycles. The van der Waals surface area contributed by atoms with Gasteiger partial charge in [-0.15, -0.1) is 0 Å². The third-order valence-electron chi connectivity index (χ3n) is 4.42.